The second-order valence-corrected chi connectivity index (χ2v) is 24.1. The molecule has 4 aliphatic carbocycles. The highest BCUT2D eigenvalue weighted by Crippen LogP contribution is 2.72. The normalized spacial score (nSPS) is 34.8. The van der Waals surface area contributed by atoms with Gasteiger partial charge in [-0.3, -0.25) is 10.1 Å². The van der Waals surface area contributed by atoms with Crippen LogP contribution in [-0.2, 0) is 21.1 Å². The van der Waals surface area contributed by atoms with E-state index in [2.05, 4.69) is 98.9 Å². The van der Waals surface area contributed by atoms with Crippen LogP contribution in [0.4, 0.5) is 0 Å². The highest BCUT2D eigenvalue weighted by atomic mass is 28.4. The fraction of sp³-hybridized carbons (Fsp3) is 0.846. The number of carbonyl (C=O) groups is 1. The molecule has 0 unspecified atom stereocenters. The van der Waals surface area contributed by atoms with Crippen LogP contribution in [-0.4, -0.2) is 32.5 Å². The van der Waals surface area contributed by atoms with Crippen molar-refractivity contribution in [2.45, 2.75) is 157 Å². The molecule has 0 aliphatic heterocycles. The molecule has 1 heterocycles. The molecule has 45 heavy (non-hydrogen) atoms. The number of nitrogens with zero attached hydrogens (tertiary/aromatic N) is 1. The second kappa shape index (κ2) is 11.7. The van der Waals surface area contributed by atoms with E-state index in [1.807, 2.05) is 6.20 Å². The molecule has 0 amide bonds. The molecular weight excluding hydrogens is 573 g/mol. The molecule has 0 spiro atoms. The zero-order valence-corrected chi connectivity index (χ0v) is 32.0. The van der Waals surface area contributed by atoms with Crippen LogP contribution >= 0.6 is 0 Å². The standard InChI is InChI=1S/C39H66N2O3Si/c1-34(2,3)45(11,12)43-26-40-21-14-13-18-35(4,5)23-27-16-15-19-39(10)32(27)29(42)22-31-37(8)24-28-25-41-44-33(28)36(6,7)30(37)17-20-38(31,39)9/h22,25,27,30,32,40H,13-21,23-24,26H2,1-12H3/t27-,30-,32-,37-,38+,39+/m0/s1. The van der Waals surface area contributed by atoms with Crippen molar-refractivity contribution in [2.24, 2.45) is 39.4 Å². The summed E-state index contributed by atoms with van der Waals surface area (Å²) in [5, 5.41) is 8.02. The van der Waals surface area contributed by atoms with Gasteiger partial charge in [-0.15, -0.1) is 0 Å². The van der Waals surface area contributed by atoms with E-state index in [-0.39, 0.29) is 38.0 Å². The molecule has 1 aromatic rings. The van der Waals surface area contributed by atoms with Crippen LogP contribution in [0.1, 0.15) is 138 Å². The molecule has 4 aliphatic rings. The third-order valence-electron chi connectivity index (χ3n) is 14.5. The lowest BCUT2D eigenvalue weighted by molar-refractivity contribution is -0.145. The van der Waals surface area contributed by atoms with Gasteiger partial charge in [-0.1, -0.05) is 92.8 Å². The first-order valence-electron chi connectivity index (χ1n) is 18.2. The zero-order valence-electron chi connectivity index (χ0n) is 31.0. The molecule has 254 valence electrons. The van der Waals surface area contributed by atoms with E-state index in [0.29, 0.717) is 24.3 Å². The van der Waals surface area contributed by atoms with Gasteiger partial charge >= 0.3 is 0 Å². The minimum absolute atomic E-state index is 0.00821. The van der Waals surface area contributed by atoms with Gasteiger partial charge in [-0.2, -0.15) is 0 Å². The summed E-state index contributed by atoms with van der Waals surface area (Å²) in [5.41, 5.74) is 2.83. The third-order valence-corrected chi connectivity index (χ3v) is 18.9. The van der Waals surface area contributed by atoms with Crippen molar-refractivity contribution in [2.75, 3.05) is 13.3 Å². The summed E-state index contributed by atoms with van der Waals surface area (Å²) in [4.78, 5) is 14.5. The highest BCUT2D eigenvalue weighted by molar-refractivity contribution is 6.74. The van der Waals surface area contributed by atoms with Gasteiger partial charge in [0, 0.05) is 16.9 Å². The first-order chi connectivity index (χ1) is 20.7. The van der Waals surface area contributed by atoms with E-state index in [1.165, 1.54) is 56.1 Å². The quantitative estimate of drug-likeness (QED) is 0.157. The van der Waals surface area contributed by atoms with E-state index in [1.54, 1.807) is 0 Å². The summed E-state index contributed by atoms with van der Waals surface area (Å²) >= 11 is 0. The van der Waals surface area contributed by atoms with Crippen LogP contribution in [0.2, 0.25) is 18.1 Å². The summed E-state index contributed by atoms with van der Waals surface area (Å²) in [5.74, 6) is 2.54. The van der Waals surface area contributed by atoms with Crippen LogP contribution in [0.15, 0.2) is 22.4 Å². The molecule has 0 radical (unpaired) electrons. The predicted molar refractivity (Wildman–Crippen MR) is 188 cm³/mol. The largest absolute Gasteiger partial charge is 0.404 e. The number of rotatable bonds is 10. The van der Waals surface area contributed by atoms with Crippen molar-refractivity contribution < 1.29 is 13.7 Å². The van der Waals surface area contributed by atoms with E-state index in [0.717, 1.165) is 31.6 Å². The summed E-state index contributed by atoms with van der Waals surface area (Å²) < 4.78 is 12.1. The SMILES string of the molecule is CC(C)(CCCCNCO[Si](C)(C)C(C)(C)C)C[C@@H]1CCC[C@]2(C)[C@@H]1C(=O)C=C1[C@@]3(C)Cc4cnoc4C(C)(C)[C@@H]3CC[C@]12C. The highest BCUT2D eigenvalue weighted by Gasteiger charge is 2.67. The Balaban J connectivity index is 1.26. The molecular formula is C39H66N2O3Si. The number of aromatic nitrogens is 1. The first kappa shape index (κ1) is 35.1. The maximum absolute atomic E-state index is 14.5. The molecule has 5 nitrogen and oxygen atoms in total. The molecule has 0 saturated heterocycles. The zero-order chi connectivity index (χ0) is 33.3. The maximum atomic E-state index is 14.5. The third kappa shape index (κ3) is 5.90. The van der Waals surface area contributed by atoms with E-state index < -0.39 is 8.32 Å². The Morgan fingerprint density at radius 2 is 1.76 bits per heavy atom. The lowest BCUT2D eigenvalue weighted by atomic mass is 9.36. The Morgan fingerprint density at radius 1 is 1.04 bits per heavy atom. The number of fused-ring (bicyclic) bond motifs is 6. The van der Waals surface area contributed by atoms with Gasteiger partial charge in [-0.05, 0) is 116 Å². The van der Waals surface area contributed by atoms with Gasteiger partial charge in [0.2, 0.25) is 0 Å². The van der Waals surface area contributed by atoms with Gasteiger partial charge in [0.25, 0.3) is 0 Å². The van der Waals surface area contributed by atoms with Crippen molar-refractivity contribution in [3.63, 3.8) is 0 Å². The maximum Gasteiger partial charge on any atom is 0.193 e. The molecule has 6 heteroatoms. The lowest BCUT2D eigenvalue weighted by Crippen LogP contribution is -2.62. The van der Waals surface area contributed by atoms with Gasteiger partial charge in [0.15, 0.2) is 14.1 Å². The minimum Gasteiger partial charge on any atom is -0.404 e. The fourth-order valence-corrected chi connectivity index (χ4v) is 11.7. The smallest absolute Gasteiger partial charge is 0.193 e. The van der Waals surface area contributed by atoms with Crippen LogP contribution in [0.25, 0.3) is 0 Å². The number of unbranched alkanes of at least 4 members (excludes halogenated alkanes) is 1. The van der Waals surface area contributed by atoms with Crippen molar-refractivity contribution in [1.29, 1.82) is 0 Å². The molecule has 1 N–H and O–H groups in total. The lowest BCUT2D eigenvalue weighted by Gasteiger charge is -2.67. The minimum atomic E-state index is -1.70. The van der Waals surface area contributed by atoms with Crippen LogP contribution < -0.4 is 5.32 Å². The Kier molecular flexibility index (Phi) is 9.13. The molecule has 1 aromatic heterocycles. The van der Waals surface area contributed by atoms with E-state index in [9.17, 15) is 4.79 Å². The second-order valence-electron chi connectivity index (χ2n) is 19.3. The van der Waals surface area contributed by atoms with Crippen molar-refractivity contribution in [1.82, 2.24) is 10.5 Å². The average molecular weight is 639 g/mol. The topological polar surface area (TPSA) is 64.4 Å². The Hall–Kier alpha value is -1.24. The first-order valence-corrected chi connectivity index (χ1v) is 21.2. The number of carbonyl (C=O) groups excluding carboxylic acids is 1. The number of allylic oxidation sites excluding steroid dienone is 2. The number of nitrogens with one attached hydrogen (secondary N) is 1. The molecule has 0 aromatic carbocycles. The van der Waals surface area contributed by atoms with Crippen molar-refractivity contribution in [3.05, 3.63) is 29.2 Å². The number of ketones is 1. The van der Waals surface area contributed by atoms with E-state index >= 15 is 0 Å². The Morgan fingerprint density at radius 3 is 2.44 bits per heavy atom. The summed E-state index contributed by atoms with van der Waals surface area (Å²) in [6.07, 6.45) is 15.7. The van der Waals surface area contributed by atoms with Gasteiger partial charge in [0.1, 0.15) is 5.76 Å². The molecule has 2 fully saturated rings. The van der Waals surface area contributed by atoms with Gasteiger partial charge < -0.3 is 8.95 Å². The summed E-state index contributed by atoms with van der Waals surface area (Å²) in [6, 6.07) is 0. The number of hydrogen-bond donors (Lipinski definition) is 1. The molecule has 0 bridgehead atoms. The Labute approximate surface area is 276 Å². The fourth-order valence-electron chi connectivity index (χ4n) is 10.8. The predicted octanol–water partition coefficient (Wildman–Crippen LogP) is 10.0. The summed E-state index contributed by atoms with van der Waals surface area (Å²) in [7, 11) is -1.70. The molecule has 5 rings (SSSR count). The summed E-state index contributed by atoms with van der Waals surface area (Å²) in [6.45, 7) is 30.3. The van der Waals surface area contributed by atoms with Crippen molar-refractivity contribution in [3.8, 4) is 0 Å². The van der Waals surface area contributed by atoms with E-state index in [4.69, 9.17) is 8.95 Å². The average Bonchev–Trinajstić information content (AvgIpc) is 3.37. The van der Waals surface area contributed by atoms with Crippen LogP contribution in [0.5, 0.6) is 0 Å². The molecule has 6 atom stereocenters. The monoisotopic (exact) mass is 638 g/mol. The van der Waals surface area contributed by atoms with Gasteiger partial charge in [0.05, 0.1) is 12.9 Å². The molecule has 2 saturated carbocycles. The Bertz CT molecular complexity index is 1290. The van der Waals surface area contributed by atoms with Crippen LogP contribution in [0.3, 0.4) is 0 Å². The number of hydrogen-bond acceptors (Lipinski definition) is 5. The van der Waals surface area contributed by atoms with Gasteiger partial charge in [-0.25, -0.2) is 0 Å². The van der Waals surface area contributed by atoms with Crippen LogP contribution in [0, 0.1) is 39.4 Å². The van der Waals surface area contributed by atoms with Crippen molar-refractivity contribution >= 4 is 14.1 Å².